The molecule has 7 nitrogen and oxygen atoms in total. The summed E-state index contributed by atoms with van der Waals surface area (Å²) in [5.74, 6) is -0.596. The number of aryl methyl sites for hydroxylation is 1. The number of carbonyl (C=O) groups is 2. The number of hydrogen-bond acceptors (Lipinski definition) is 4. The normalized spacial score (nSPS) is 15.3. The van der Waals surface area contributed by atoms with E-state index >= 15 is 0 Å². The molecule has 2 amide bonds. The lowest BCUT2D eigenvalue weighted by Gasteiger charge is -2.33. The molecule has 190 valence electrons. The van der Waals surface area contributed by atoms with Crippen LogP contribution in [-0.4, -0.2) is 56.6 Å². The molecule has 1 atom stereocenters. The van der Waals surface area contributed by atoms with Crippen molar-refractivity contribution in [2.24, 2.45) is 0 Å². The second-order valence-corrected chi connectivity index (χ2v) is 11.3. The Balaban J connectivity index is 1.82. The van der Waals surface area contributed by atoms with Gasteiger partial charge in [0.05, 0.1) is 11.9 Å². The maximum Gasteiger partial charge on any atom is 0.244 e. The van der Waals surface area contributed by atoms with Gasteiger partial charge in [-0.2, -0.15) is 0 Å². The predicted octanol–water partition coefficient (Wildman–Crippen LogP) is 3.67. The van der Waals surface area contributed by atoms with Gasteiger partial charge in [0.1, 0.15) is 12.6 Å². The maximum absolute atomic E-state index is 13.6. The number of rotatable bonds is 10. The van der Waals surface area contributed by atoms with Gasteiger partial charge >= 0.3 is 0 Å². The summed E-state index contributed by atoms with van der Waals surface area (Å²) in [5.41, 5.74) is 2.26. The standard InChI is InChI=1S/C27H37N3O4S/c1-21-12-10-11-17-25(21)30(35(3,33)34)20-26(31)29(19-18-23-13-6-4-7-14-23)22(2)27(32)28-24-15-8-5-9-16-24/h4,6-7,10-14,17,22,24H,5,8-9,15-16,18-20H2,1-3H3,(H,28,32)/t22-/m1/s1. The van der Waals surface area contributed by atoms with Crippen molar-refractivity contribution in [1.29, 1.82) is 0 Å². The van der Waals surface area contributed by atoms with Crippen LogP contribution in [0.25, 0.3) is 0 Å². The zero-order chi connectivity index (χ0) is 25.4. The highest BCUT2D eigenvalue weighted by molar-refractivity contribution is 7.92. The van der Waals surface area contributed by atoms with Gasteiger partial charge < -0.3 is 10.2 Å². The van der Waals surface area contributed by atoms with E-state index in [4.69, 9.17) is 0 Å². The Kier molecular flexibility index (Phi) is 9.32. The summed E-state index contributed by atoms with van der Waals surface area (Å²) in [6.07, 6.45) is 6.93. The lowest BCUT2D eigenvalue weighted by molar-refractivity contribution is -0.139. The van der Waals surface area contributed by atoms with Gasteiger partial charge in [-0.3, -0.25) is 13.9 Å². The van der Waals surface area contributed by atoms with E-state index in [0.717, 1.165) is 47.4 Å². The van der Waals surface area contributed by atoms with E-state index in [1.165, 1.54) is 11.3 Å². The number of para-hydroxylation sites is 1. The minimum absolute atomic E-state index is 0.129. The number of benzene rings is 2. The second kappa shape index (κ2) is 12.2. The van der Waals surface area contributed by atoms with Crippen LogP contribution in [-0.2, 0) is 26.0 Å². The van der Waals surface area contributed by atoms with Crippen molar-refractivity contribution in [3.05, 3.63) is 65.7 Å². The summed E-state index contributed by atoms with van der Waals surface area (Å²) in [6, 6.07) is 16.2. The average molecular weight is 500 g/mol. The van der Waals surface area contributed by atoms with E-state index in [1.807, 2.05) is 49.4 Å². The quantitative estimate of drug-likeness (QED) is 0.540. The summed E-state index contributed by atoms with van der Waals surface area (Å²) in [4.78, 5) is 28.2. The van der Waals surface area contributed by atoms with Crippen molar-refractivity contribution in [1.82, 2.24) is 10.2 Å². The van der Waals surface area contributed by atoms with E-state index in [1.54, 1.807) is 19.1 Å². The number of hydrogen-bond donors (Lipinski definition) is 1. The second-order valence-electron chi connectivity index (χ2n) is 9.40. The fourth-order valence-corrected chi connectivity index (χ4v) is 5.48. The number of sulfonamides is 1. The van der Waals surface area contributed by atoms with Crippen molar-refractivity contribution in [2.45, 2.75) is 64.5 Å². The van der Waals surface area contributed by atoms with E-state index < -0.39 is 22.0 Å². The molecule has 2 aromatic carbocycles. The third-order valence-corrected chi connectivity index (χ3v) is 7.79. The molecule has 35 heavy (non-hydrogen) atoms. The van der Waals surface area contributed by atoms with E-state index in [2.05, 4.69) is 5.32 Å². The zero-order valence-electron chi connectivity index (χ0n) is 20.9. The van der Waals surface area contributed by atoms with Gasteiger partial charge in [-0.1, -0.05) is 67.8 Å². The molecule has 1 fully saturated rings. The molecule has 0 heterocycles. The molecule has 2 aromatic rings. The number of carbonyl (C=O) groups excluding carboxylic acids is 2. The Morgan fingerprint density at radius 1 is 1.00 bits per heavy atom. The van der Waals surface area contributed by atoms with Gasteiger partial charge in [0.2, 0.25) is 21.8 Å². The van der Waals surface area contributed by atoms with Crippen molar-refractivity contribution in [2.75, 3.05) is 23.7 Å². The molecular weight excluding hydrogens is 462 g/mol. The van der Waals surface area contributed by atoms with Crippen molar-refractivity contribution >= 4 is 27.5 Å². The van der Waals surface area contributed by atoms with Gasteiger partial charge in [0.25, 0.3) is 0 Å². The highest BCUT2D eigenvalue weighted by Crippen LogP contribution is 2.23. The minimum Gasteiger partial charge on any atom is -0.352 e. The molecular formula is C27H37N3O4S. The number of amides is 2. The predicted molar refractivity (Wildman–Crippen MR) is 140 cm³/mol. The Morgan fingerprint density at radius 2 is 1.63 bits per heavy atom. The van der Waals surface area contributed by atoms with Crippen LogP contribution in [0.1, 0.15) is 50.2 Å². The Morgan fingerprint density at radius 3 is 2.26 bits per heavy atom. The van der Waals surface area contributed by atoms with Gasteiger partial charge in [-0.25, -0.2) is 8.42 Å². The van der Waals surface area contributed by atoms with Gasteiger partial charge in [-0.05, 0) is 50.3 Å². The fraction of sp³-hybridized carbons (Fsp3) is 0.481. The van der Waals surface area contributed by atoms with Crippen LogP contribution >= 0.6 is 0 Å². The van der Waals surface area contributed by atoms with Crippen LogP contribution in [0.4, 0.5) is 5.69 Å². The Hall–Kier alpha value is -2.87. The largest absolute Gasteiger partial charge is 0.352 e. The highest BCUT2D eigenvalue weighted by atomic mass is 32.2. The van der Waals surface area contributed by atoms with Crippen molar-refractivity contribution in [3.8, 4) is 0 Å². The molecule has 8 heteroatoms. The lowest BCUT2D eigenvalue weighted by Crippen LogP contribution is -2.53. The first-order valence-corrected chi connectivity index (χ1v) is 14.2. The average Bonchev–Trinajstić information content (AvgIpc) is 2.83. The first kappa shape index (κ1) is 26.7. The molecule has 0 radical (unpaired) electrons. The maximum atomic E-state index is 13.6. The molecule has 0 saturated heterocycles. The van der Waals surface area contributed by atoms with Crippen LogP contribution in [0.3, 0.4) is 0 Å². The minimum atomic E-state index is -3.72. The summed E-state index contributed by atoms with van der Waals surface area (Å²) in [7, 11) is -3.72. The van der Waals surface area contributed by atoms with Gasteiger partial charge in [-0.15, -0.1) is 0 Å². The molecule has 3 rings (SSSR count). The first-order chi connectivity index (χ1) is 16.7. The third-order valence-electron chi connectivity index (χ3n) is 6.67. The van der Waals surface area contributed by atoms with Gasteiger partial charge in [0.15, 0.2) is 0 Å². The number of nitrogens with zero attached hydrogens (tertiary/aromatic N) is 2. The Labute approximate surface area is 209 Å². The smallest absolute Gasteiger partial charge is 0.244 e. The van der Waals surface area contributed by atoms with Crippen LogP contribution < -0.4 is 9.62 Å². The van der Waals surface area contributed by atoms with Crippen LogP contribution in [0.2, 0.25) is 0 Å². The molecule has 1 saturated carbocycles. The van der Waals surface area contributed by atoms with Crippen molar-refractivity contribution < 1.29 is 18.0 Å². The molecule has 0 bridgehead atoms. The highest BCUT2D eigenvalue weighted by Gasteiger charge is 2.31. The molecule has 0 spiro atoms. The Bertz CT molecular complexity index is 1100. The van der Waals surface area contributed by atoms with Gasteiger partial charge in [0, 0.05) is 12.6 Å². The SMILES string of the molecule is Cc1ccccc1N(CC(=O)N(CCc1ccccc1)[C@H](C)C(=O)NC1CCCCC1)S(C)(=O)=O. The summed E-state index contributed by atoms with van der Waals surface area (Å²) in [5, 5.41) is 3.11. The molecule has 1 aliphatic carbocycles. The number of nitrogens with one attached hydrogen (secondary N) is 1. The summed E-state index contributed by atoms with van der Waals surface area (Å²) < 4.78 is 26.5. The molecule has 0 aliphatic heterocycles. The molecule has 0 unspecified atom stereocenters. The van der Waals surface area contributed by atoms with Crippen molar-refractivity contribution in [3.63, 3.8) is 0 Å². The monoisotopic (exact) mass is 499 g/mol. The molecule has 1 N–H and O–H groups in total. The third kappa shape index (κ3) is 7.56. The molecule has 1 aliphatic rings. The lowest BCUT2D eigenvalue weighted by atomic mass is 9.95. The summed E-state index contributed by atoms with van der Waals surface area (Å²) in [6.45, 7) is 3.48. The zero-order valence-corrected chi connectivity index (χ0v) is 21.8. The van der Waals surface area contributed by atoms with Crippen LogP contribution in [0.5, 0.6) is 0 Å². The molecule has 0 aromatic heterocycles. The van der Waals surface area contributed by atoms with E-state index in [0.29, 0.717) is 18.7 Å². The first-order valence-electron chi connectivity index (χ1n) is 12.3. The van der Waals surface area contributed by atoms with Crippen LogP contribution in [0, 0.1) is 6.92 Å². The number of anilines is 1. The fourth-order valence-electron chi connectivity index (χ4n) is 4.58. The summed E-state index contributed by atoms with van der Waals surface area (Å²) >= 11 is 0. The topological polar surface area (TPSA) is 86.8 Å². The van der Waals surface area contributed by atoms with E-state index in [9.17, 15) is 18.0 Å². The van der Waals surface area contributed by atoms with E-state index in [-0.39, 0.29) is 18.5 Å². The van der Waals surface area contributed by atoms with Crippen LogP contribution in [0.15, 0.2) is 54.6 Å².